The smallest absolute Gasteiger partial charge is 0.220 e. The number of carbonyl (C=O) groups excluding carboxylic acids is 1. The minimum atomic E-state index is 0.235. The maximum atomic E-state index is 11.4. The standard InChI is InChI=1S/C12H22N2OS/c1-9-7-11(8-16-9)13-6-2-3-12(15)14-10-4-5-10/h9-11,13H,2-8H2,1H3,(H,14,15). The minimum absolute atomic E-state index is 0.235. The molecule has 1 heterocycles. The van der Waals surface area contributed by atoms with Crippen LogP contribution in [0.3, 0.4) is 0 Å². The first-order valence-corrected chi connectivity index (χ1v) is 7.43. The molecule has 92 valence electrons. The Kier molecular flexibility index (Phi) is 4.53. The second kappa shape index (κ2) is 5.92. The van der Waals surface area contributed by atoms with E-state index in [1.54, 1.807) is 0 Å². The molecule has 0 aromatic heterocycles. The largest absolute Gasteiger partial charge is 0.353 e. The molecule has 0 bridgehead atoms. The Morgan fingerprint density at radius 3 is 2.81 bits per heavy atom. The molecule has 1 amide bonds. The summed E-state index contributed by atoms with van der Waals surface area (Å²) in [5.41, 5.74) is 0. The molecule has 2 atom stereocenters. The second-order valence-corrected chi connectivity index (χ2v) is 6.45. The summed E-state index contributed by atoms with van der Waals surface area (Å²) in [4.78, 5) is 11.4. The molecule has 1 saturated carbocycles. The number of thioether (sulfide) groups is 1. The molecule has 0 aromatic rings. The van der Waals surface area contributed by atoms with E-state index >= 15 is 0 Å². The van der Waals surface area contributed by atoms with Crippen molar-refractivity contribution < 1.29 is 4.79 Å². The molecule has 1 aliphatic carbocycles. The van der Waals surface area contributed by atoms with Crippen molar-refractivity contribution in [2.45, 2.75) is 56.4 Å². The zero-order valence-corrected chi connectivity index (χ0v) is 10.8. The average Bonchev–Trinajstić information content (AvgIpc) is 2.95. The van der Waals surface area contributed by atoms with Crippen LogP contribution in [0.1, 0.15) is 39.0 Å². The van der Waals surface area contributed by atoms with Crippen LogP contribution in [0.5, 0.6) is 0 Å². The number of carbonyl (C=O) groups is 1. The third-order valence-electron chi connectivity index (χ3n) is 3.15. The van der Waals surface area contributed by atoms with E-state index in [1.807, 2.05) is 11.8 Å². The van der Waals surface area contributed by atoms with Gasteiger partial charge in [0.2, 0.25) is 5.91 Å². The molecule has 1 aliphatic heterocycles. The Hall–Kier alpha value is -0.220. The maximum Gasteiger partial charge on any atom is 0.220 e. The van der Waals surface area contributed by atoms with Crippen LogP contribution in [0.15, 0.2) is 0 Å². The van der Waals surface area contributed by atoms with Gasteiger partial charge in [-0.3, -0.25) is 4.79 Å². The third kappa shape index (κ3) is 4.34. The van der Waals surface area contributed by atoms with Gasteiger partial charge in [-0.05, 0) is 32.2 Å². The van der Waals surface area contributed by atoms with Gasteiger partial charge in [-0.15, -0.1) is 0 Å². The number of hydrogen-bond donors (Lipinski definition) is 2. The Bertz CT molecular complexity index is 243. The molecule has 16 heavy (non-hydrogen) atoms. The molecule has 0 aromatic carbocycles. The van der Waals surface area contributed by atoms with Gasteiger partial charge in [-0.2, -0.15) is 11.8 Å². The van der Waals surface area contributed by atoms with E-state index in [0.29, 0.717) is 18.5 Å². The SMILES string of the molecule is CC1CC(NCCCC(=O)NC2CC2)CS1. The summed E-state index contributed by atoms with van der Waals surface area (Å²) in [6, 6.07) is 1.18. The summed E-state index contributed by atoms with van der Waals surface area (Å²) < 4.78 is 0. The van der Waals surface area contributed by atoms with Crippen molar-refractivity contribution in [2.24, 2.45) is 0 Å². The fourth-order valence-corrected chi connectivity index (χ4v) is 3.23. The molecule has 2 unspecified atom stereocenters. The van der Waals surface area contributed by atoms with E-state index in [4.69, 9.17) is 0 Å². The van der Waals surface area contributed by atoms with Crippen molar-refractivity contribution in [1.82, 2.24) is 10.6 Å². The molecule has 2 rings (SSSR count). The normalized spacial score (nSPS) is 29.3. The number of rotatable bonds is 6. The molecule has 2 aliphatic rings. The van der Waals surface area contributed by atoms with Crippen molar-refractivity contribution in [1.29, 1.82) is 0 Å². The topological polar surface area (TPSA) is 41.1 Å². The van der Waals surface area contributed by atoms with Gasteiger partial charge in [0, 0.05) is 29.5 Å². The molecule has 4 heteroatoms. The van der Waals surface area contributed by atoms with Crippen LogP contribution in [0, 0.1) is 0 Å². The third-order valence-corrected chi connectivity index (χ3v) is 4.51. The van der Waals surface area contributed by atoms with Crippen LogP contribution < -0.4 is 10.6 Å². The highest BCUT2D eigenvalue weighted by molar-refractivity contribution is 8.00. The van der Waals surface area contributed by atoms with Crippen molar-refractivity contribution in [3.05, 3.63) is 0 Å². The van der Waals surface area contributed by atoms with Crippen LogP contribution in [0.2, 0.25) is 0 Å². The number of nitrogens with one attached hydrogen (secondary N) is 2. The van der Waals surface area contributed by atoms with Crippen LogP contribution in [0.25, 0.3) is 0 Å². The quantitative estimate of drug-likeness (QED) is 0.694. The first-order chi connectivity index (χ1) is 7.74. The molecular formula is C12H22N2OS. The lowest BCUT2D eigenvalue weighted by Gasteiger charge is -2.11. The molecule has 2 fully saturated rings. The fraction of sp³-hybridized carbons (Fsp3) is 0.917. The van der Waals surface area contributed by atoms with Crippen molar-refractivity contribution in [2.75, 3.05) is 12.3 Å². The first kappa shape index (κ1) is 12.2. The van der Waals surface area contributed by atoms with E-state index in [9.17, 15) is 4.79 Å². The van der Waals surface area contributed by atoms with Gasteiger partial charge in [0.05, 0.1) is 0 Å². The van der Waals surface area contributed by atoms with Gasteiger partial charge in [0.25, 0.3) is 0 Å². The maximum absolute atomic E-state index is 11.4. The summed E-state index contributed by atoms with van der Waals surface area (Å²) in [6.45, 7) is 3.27. The van der Waals surface area contributed by atoms with Crippen LogP contribution in [0.4, 0.5) is 0 Å². The Labute approximate surface area is 102 Å². The summed E-state index contributed by atoms with van der Waals surface area (Å²) in [5, 5.41) is 7.36. The highest BCUT2D eigenvalue weighted by atomic mass is 32.2. The minimum Gasteiger partial charge on any atom is -0.353 e. The van der Waals surface area contributed by atoms with Crippen LogP contribution >= 0.6 is 11.8 Å². The van der Waals surface area contributed by atoms with E-state index in [2.05, 4.69) is 17.6 Å². The van der Waals surface area contributed by atoms with Gasteiger partial charge in [0.1, 0.15) is 0 Å². The molecule has 1 saturated heterocycles. The lowest BCUT2D eigenvalue weighted by atomic mass is 10.2. The lowest BCUT2D eigenvalue weighted by molar-refractivity contribution is -0.121. The Balaban J connectivity index is 1.46. The van der Waals surface area contributed by atoms with Gasteiger partial charge in [-0.1, -0.05) is 6.92 Å². The number of hydrogen-bond acceptors (Lipinski definition) is 3. The first-order valence-electron chi connectivity index (χ1n) is 6.38. The Morgan fingerprint density at radius 1 is 1.38 bits per heavy atom. The van der Waals surface area contributed by atoms with Gasteiger partial charge in [0.15, 0.2) is 0 Å². The van der Waals surface area contributed by atoms with Crippen LogP contribution in [-0.2, 0) is 4.79 Å². The second-order valence-electron chi connectivity index (χ2n) is 4.98. The van der Waals surface area contributed by atoms with E-state index in [-0.39, 0.29) is 5.91 Å². The van der Waals surface area contributed by atoms with E-state index in [1.165, 1.54) is 25.0 Å². The monoisotopic (exact) mass is 242 g/mol. The average molecular weight is 242 g/mol. The van der Waals surface area contributed by atoms with Crippen LogP contribution in [-0.4, -0.2) is 35.5 Å². The van der Waals surface area contributed by atoms with Gasteiger partial charge < -0.3 is 10.6 Å². The van der Waals surface area contributed by atoms with Crippen molar-refractivity contribution >= 4 is 17.7 Å². The van der Waals surface area contributed by atoms with E-state index in [0.717, 1.165) is 18.2 Å². The molecular weight excluding hydrogens is 220 g/mol. The van der Waals surface area contributed by atoms with Crippen molar-refractivity contribution in [3.63, 3.8) is 0 Å². The van der Waals surface area contributed by atoms with Gasteiger partial charge >= 0.3 is 0 Å². The summed E-state index contributed by atoms with van der Waals surface area (Å²) in [5.74, 6) is 1.47. The molecule has 0 spiro atoms. The predicted molar refractivity (Wildman–Crippen MR) is 68.7 cm³/mol. The zero-order valence-electron chi connectivity index (χ0n) is 10.00. The summed E-state index contributed by atoms with van der Waals surface area (Å²) in [6.07, 6.45) is 5.29. The molecule has 3 nitrogen and oxygen atoms in total. The predicted octanol–water partition coefficient (Wildman–Crippen LogP) is 1.53. The highest BCUT2D eigenvalue weighted by Crippen LogP contribution is 2.25. The molecule has 0 radical (unpaired) electrons. The fourth-order valence-electron chi connectivity index (χ4n) is 2.04. The van der Waals surface area contributed by atoms with Crippen molar-refractivity contribution in [3.8, 4) is 0 Å². The van der Waals surface area contributed by atoms with Gasteiger partial charge in [-0.25, -0.2) is 0 Å². The summed E-state index contributed by atoms with van der Waals surface area (Å²) >= 11 is 2.04. The zero-order chi connectivity index (χ0) is 11.4. The molecule has 2 N–H and O–H groups in total. The number of amides is 1. The lowest BCUT2D eigenvalue weighted by Crippen LogP contribution is -2.31. The van der Waals surface area contributed by atoms with E-state index < -0.39 is 0 Å². The Morgan fingerprint density at radius 2 is 2.19 bits per heavy atom. The highest BCUT2D eigenvalue weighted by Gasteiger charge is 2.23. The summed E-state index contributed by atoms with van der Waals surface area (Å²) in [7, 11) is 0.